The van der Waals surface area contributed by atoms with Gasteiger partial charge in [-0.2, -0.15) is 0 Å². The summed E-state index contributed by atoms with van der Waals surface area (Å²) in [5, 5.41) is 0. The highest BCUT2D eigenvalue weighted by atomic mass is 14.6. The SMILES string of the molecule is CCC(CC)c1cccc(C2(CN)CCCCC2)c1. The molecular formula is C18H29N. The van der Waals surface area contributed by atoms with Gasteiger partial charge < -0.3 is 5.73 Å². The van der Waals surface area contributed by atoms with E-state index in [9.17, 15) is 0 Å². The molecular weight excluding hydrogens is 230 g/mol. The fraction of sp³-hybridized carbons (Fsp3) is 0.667. The Kier molecular flexibility index (Phi) is 5.04. The Morgan fingerprint density at radius 3 is 2.37 bits per heavy atom. The van der Waals surface area contributed by atoms with Crippen molar-refractivity contribution < 1.29 is 0 Å². The van der Waals surface area contributed by atoms with Crippen molar-refractivity contribution in [2.75, 3.05) is 6.54 Å². The molecule has 1 fully saturated rings. The molecule has 0 amide bonds. The van der Waals surface area contributed by atoms with Crippen molar-refractivity contribution in [3.63, 3.8) is 0 Å². The molecule has 1 aromatic carbocycles. The summed E-state index contributed by atoms with van der Waals surface area (Å²) in [6, 6.07) is 9.31. The first-order valence-electron chi connectivity index (χ1n) is 8.06. The van der Waals surface area contributed by atoms with Crippen LogP contribution in [-0.2, 0) is 5.41 Å². The second-order valence-electron chi connectivity index (χ2n) is 6.18. The summed E-state index contributed by atoms with van der Waals surface area (Å²) in [7, 11) is 0. The first kappa shape index (κ1) is 14.6. The van der Waals surface area contributed by atoms with E-state index in [1.807, 2.05) is 0 Å². The van der Waals surface area contributed by atoms with Crippen molar-refractivity contribution in [3.05, 3.63) is 35.4 Å². The highest BCUT2D eigenvalue weighted by molar-refractivity contribution is 5.33. The number of nitrogens with two attached hydrogens (primary N) is 1. The van der Waals surface area contributed by atoms with Gasteiger partial charge >= 0.3 is 0 Å². The largest absolute Gasteiger partial charge is 0.330 e. The highest BCUT2D eigenvalue weighted by Gasteiger charge is 2.32. The van der Waals surface area contributed by atoms with E-state index in [1.165, 1.54) is 56.1 Å². The Hall–Kier alpha value is -0.820. The summed E-state index contributed by atoms with van der Waals surface area (Å²) in [4.78, 5) is 0. The molecule has 0 aliphatic heterocycles. The molecule has 0 unspecified atom stereocenters. The second kappa shape index (κ2) is 6.56. The number of hydrogen-bond donors (Lipinski definition) is 1. The minimum Gasteiger partial charge on any atom is -0.330 e. The van der Waals surface area contributed by atoms with E-state index in [-0.39, 0.29) is 5.41 Å². The van der Waals surface area contributed by atoms with Crippen molar-refractivity contribution >= 4 is 0 Å². The quantitative estimate of drug-likeness (QED) is 0.811. The van der Waals surface area contributed by atoms with Crippen LogP contribution in [0.2, 0.25) is 0 Å². The van der Waals surface area contributed by atoms with E-state index in [0.29, 0.717) is 5.92 Å². The molecule has 1 aliphatic rings. The lowest BCUT2D eigenvalue weighted by molar-refractivity contribution is 0.300. The number of benzene rings is 1. The molecule has 106 valence electrons. The zero-order valence-corrected chi connectivity index (χ0v) is 12.6. The third-order valence-corrected chi connectivity index (χ3v) is 5.16. The second-order valence-corrected chi connectivity index (χ2v) is 6.18. The van der Waals surface area contributed by atoms with E-state index in [4.69, 9.17) is 5.73 Å². The standard InChI is InChI=1S/C18H29N/c1-3-15(4-2)16-9-8-10-17(13-16)18(14-19)11-6-5-7-12-18/h8-10,13,15H,3-7,11-12,14,19H2,1-2H3. The highest BCUT2D eigenvalue weighted by Crippen LogP contribution is 2.39. The van der Waals surface area contributed by atoms with Gasteiger partial charge in [0.15, 0.2) is 0 Å². The van der Waals surface area contributed by atoms with Gasteiger partial charge in [0.25, 0.3) is 0 Å². The molecule has 0 saturated heterocycles. The monoisotopic (exact) mass is 259 g/mol. The lowest BCUT2D eigenvalue weighted by Gasteiger charge is -2.37. The van der Waals surface area contributed by atoms with Crippen LogP contribution in [-0.4, -0.2) is 6.54 Å². The third kappa shape index (κ3) is 3.02. The van der Waals surface area contributed by atoms with Crippen molar-refractivity contribution in [2.45, 2.75) is 70.1 Å². The Morgan fingerprint density at radius 1 is 1.11 bits per heavy atom. The average Bonchev–Trinajstić information content (AvgIpc) is 2.49. The molecule has 1 saturated carbocycles. The first-order chi connectivity index (χ1) is 9.25. The molecule has 1 heteroatoms. The Morgan fingerprint density at radius 2 is 1.79 bits per heavy atom. The van der Waals surface area contributed by atoms with Crippen LogP contribution in [0.3, 0.4) is 0 Å². The van der Waals surface area contributed by atoms with Crippen LogP contribution < -0.4 is 5.73 Å². The van der Waals surface area contributed by atoms with E-state index < -0.39 is 0 Å². The normalized spacial score (nSPS) is 18.7. The molecule has 2 N–H and O–H groups in total. The maximum absolute atomic E-state index is 6.16. The third-order valence-electron chi connectivity index (χ3n) is 5.16. The molecule has 0 aromatic heterocycles. The molecule has 1 aliphatic carbocycles. The smallest absolute Gasteiger partial charge is 0.00756 e. The van der Waals surface area contributed by atoms with Gasteiger partial charge in [0.05, 0.1) is 0 Å². The molecule has 2 rings (SSSR count). The molecule has 0 radical (unpaired) electrons. The Labute approximate surface area is 118 Å². The van der Waals surface area contributed by atoms with E-state index in [1.54, 1.807) is 0 Å². The average molecular weight is 259 g/mol. The van der Waals surface area contributed by atoms with Gasteiger partial charge in [0, 0.05) is 12.0 Å². The minimum absolute atomic E-state index is 0.264. The van der Waals surface area contributed by atoms with Crippen LogP contribution in [0.4, 0.5) is 0 Å². The molecule has 0 spiro atoms. The molecule has 0 heterocycles. The zero-order chi connectivity index (χ0) is 13.7. The maximum Gasteiger partial charge on any atom is 0.00756 e. The zero-order valence-electron chi connectivity index (χ0n) is 12.6. The topological polar surface area (TPSA) is 26.0 Å². The predicted molar refractivity (Wildman–Crippen MR) is 83.6 cm³/mol. The van der Waals surface area contributed by atoms with Crippen LogP contribution in [0.5, 0.6) is 0 Å². The summed E-state index contributed by atoms with van der Waals surface area (Å²) in [5.74, 6) is 0.707. The van der Waals surface area contributed by atoms with Gasteiger partial charge in [-0.1, -0.05) is 57.4 Å². The van der Waals surface area contributed by atoms with E-state index in [0.717, 1.165) is 6.54 Å². The van der Waals surface area contributed by atoms with Gasteiger partial charge in [-0.15, -0.1) is 0 Å². The van der Waals surface area contributed by atoms with Crippen LogP contribution in [0.25, 0.3) is 0 Å². The molecule has 19 heavy (non-hydrogen) atoms. The van der Waals surface area contributed by atoms with Gasteiger partial charge in [0.2, 0.25) is 0 Å². The summed E-state index contributed by atoms with van der Waals surface area (Å²) >= 11 is 0. The van der Waals surface area contributed by atoms with Crippen LogP contribution in [0.1, 0.15) is 75.8 Å². The fourth-order valence-electron chi connectivity index (χ4n) is 3.72. The minimum atomic E-state index is 0.264. The van der Waals surface area contributed by atoms with Crippen molar-refractivity contribution in [2.24, 2.45) is 5.73 Å². The van der Waals surface area contributed by atoms with Crippen LogP contribution in [0.15, 0.2) is 24.3 Å². The molecule has 1 nitrogen and oxygen atoms in total. The van der Waals surface area contributed by atoms with Crippen LogP contribution >= 0.6 is 0 Å². The van der Waals surface area contributed by atoms with Gasteiger partial charge in [-0.05, 0) is 42.7 Å². The van der Waals surface area contributed by atoms with Gasteiger partial charge in [-0.3, -0.25) is 0 Å². The summed E-state index contributed by atoms with van der Waals surface area (Å²) < 4.78 is 0. The first-order valence-corrected chi connectivity index (χ1v) is 8.06. The van der Waals surface area contributed by atoms with E-state index >= 15 is 0 Å². The lowest BCUT2D eigenvalue weighted by atomic mass is 9.69. The summed E-state index contributed by atoms with van der Waals surface area (Å²) in [5.41, 5.74) is 9.44. The summed E-state index contributed by atoms with van der Waals surface area (Å²) in [6.07, 6.45) is 9.07. The Balaban J connectivity index is 2.30. The van der Waals surface area contributed by atoms with Crippen molar-refractivity contribution in [1.29, 1.82) is 0 Å². The van der Waals surface area contributed by atoms with Crippen molar-refractivity contribution in [3.8, 4) is 0 Å². The number of rotatable bonds is 5. The summed E-state index contributed by atoms with van der Waals surface area (Å²) in [6.45, 7) is 5.39. The lowest BCUT2D eigenvalue weighted by Crippen LogP contribution is -2.37. The number of hydrogen-bond acceptors (Lipinski definition) is 1. The van der Waals surface area contributed by atoms with E-state index in [2.05, 4.69) is 38.1 Å². The molecule has 1 aromatic rings. The van der Waals surface area contributed by atoms with Crippen molar-refractivity contribution in [1.82, 2.24) is 0 Å². The van der Waals surface area contributed by atoms with Gasteiger partial charge in [-0.25, -0.2) is 0 Å². The van der Waals surface area contributed by atoms with Crippen LogP contribution in [0, 0.1) is 0 Å². The van der Waals surface area contributed by atoms with Gasteiger partial charge in [0.1, 0.15) is 0 Å². The molecule has 0 bridgehead atoms. The predicted octanol–water partition coefficient (Wildman–Crippen LogP) is 4.75. The Bertz CT molecular complexity index is 386. The molecule has 0 atom stereocenters. The maximum atomic E-state index is 6.16. The fourth-order valence-corrected chi connectivity index (χ4v) is 3.72.